The molecule has 1 heterocycles. The van der Waals surface area contributed by atoms with Crippen molar-refractivity contribution in [2.24, 2.45) is 10.2 Å². The van der Waals surface area contributed by atoms with Gasteiger partial charge in [0, 0.05) is 5.69 Å². The molecule has 4 rings (SSSR count). The predicted molar refractivity (Wildman–Crippen MR) is 115 cm³/mol. The minimum atomic E-state index is -0.292. The topological polar surface area (TPSA) is 71.6 Å². The van der Waals surface area contributed by atoms with Crippen molar-refractivity contribution in [3.63, 3.8) is 0 Å². The molecule has 1 N–H and O–H groups in total. The normalized spacial score (nSPS) is 11.7. The van der Waals surface area contributed by atoms with Crippen LogP contribution in [0.3, 0.4) is 0 Å². The van der Waals surface area contributed by atoms with Gasteiger partial charge in [-0.1, -0.05) is 78.1 Å². The van der Waals surface area contributed by atoms with Crippen molar-refractivity contribution in [1.29, 1.82) is 0 Å². The molecular weight excluding hydrogens is 382 g/mol. The van der Waals surface area contributed by atoms with Gasteiger partial charge in [0.15, 0.2) is 0 Å². The maximum absolute atomic E-state index is 12.6. The number of hydrogen-bond acceptors (Lipinski definition) is 5. The van der Waals surface area contributed by atoms with Crippen LogP contribution in [0.1, 0.15) is 15.4 Å². The van der Waals surface area contributed by atoms with Crippen LogP contribution in [0, 0.1) is 0 Å². The van der Waals surface area contributed by atoms with Gasteiger partial charge < -0.3 is 5.32 Å². The van der Waals surface area contributed by atoms with Crippen LogP contribution in [0.5, 0.6) is 0 Å². The van der Waals surface area contributed by atoms with Crippen LogP contribution in [0.15, 0.2) is 101 Å². The quantitative estimate of drug-likeness (QED) is 0.405. The van der Waals surface area contributed by atoms with E-state index in [1.165, 1.54) is 11.3 Å². The van der Waals surface area contributed by atoms with Crippen molar-refractivity contribution in [1.82, 2.24) is 9.78 Å². The van der Waals surface area contributed by atoms with E-state index in [-0.39, 0.29) is 5.91 Å². The molecule has 0 fully saturated rings. The highest BCUT2D eigenvalue weighted by molar-refractivity contribution is 7.11. The molecule has 0 aliphatic carbocycles. The summed E-state index contributed by atoms with van der Waals surface area (Å²) in [4.78, 5) is 13.2. The number of anilines is 1. The summed E-state index contributed by atoms with van der Waals surface area (Å²) in [7, 11) is 0. The fraction of sp³-hybridized carbons (Fsp3) is 0. The fourth-order valence-corrected chi connectivity index (χ4v) is 3.33. The smallest absolute Gasteiger partial charge is 0.286 e. The Morgan fingerprint density at radius 2 is 1.52 bits per heavy atom. The monoisotopic (exact) mass is 399 g/mol. The number of benzene rings is 3. The molecular formula is C22H17N5OS. The van der Waals surface area contributed by atoms with Gasteiger partial charge in [-0.3, -0.25) is 4.79 Å². The lowest BCUT2D eigenvalue weighted by molar-refractivity contribution is 0.102. The molecule has 0 radical (unpaired) electrons. The lowest BCUT2D eigenvalue weighted by Crippen LogP contribution is -2.15. The van der Waals surface area contributed by atoms with Crippen LogP contribution in [-0.2, 0) is 0 Å². The molecule has 1 amide bonds. The van der Waals surface area contributed by atoms with E-state index in [1.54, 1.807) is 10.9 Å². The van der Waals surface area contributed by atoms with Gasteiger partial charge in [-0.25, -0.2) is 4.68 Å². The minimum Gasteiger partial charge on any atom is -0.320 e. The molecule has 0 aliphatic heterocycles. The SMILES string of the molecule is O=C(Nc1ccccc1)c1nn(-c2ccccc2)/c(=N/N=C/c2ccccc2)s1. The zero-order chi connectivity index (χ0) is 19.9. The lowest BCUT2D eigenvalue weighted by atomic mass is 10.2. The molecule has 6 nitrogen and oxygen atoms in total. The zero-order valence-corrected chi connectivity index (χ0v) is 16.2. The van der Waals surface area contributed by atoms with Crippen LogP contribution >= 0.6 is 11.3 Å². The molecule has 0 atom stereocenters. The van der Waals surface area contributed by atoms with Crippen LogP contribution in [-0.4, -0.2) is 21.9 Å². The van der Waals surface area contributed by atoms with Gasteiger partial charge in [-0.05, 0) is 29.8 Å². The molecule has 0 saturated heterocycles. The van der Waals surface area contributed by atoms with Crippen molar-refractivity contribution in [2.45, 2.75) is 0 Å². The van der Waals surface area contributed by atoms with Gasteiger partial charge in [0.1, 0.15) is 0 Å². The molecule has 7 heteroatoms. The highest BCUT2D eigenvalue weighted by atomic mass is 32.1. The Morgan fingerprint density at radius 1 is 0.897 bits per heavy atom. The summed E-state index contributed by atoms with van der Waals surface area (Å²) in [5.74, 6) is -0.292. The molecule has 0 bridgehead atoms. The summed E-state index contributed by atoms with van der Waals surface area (Å²) in [6.45, 7) is 0. The molecule has 142 valence electrons. The number of carbonyl (C=O) groups is 1. The molecule has 0 spiro atoms. The second-order valence-electron chi connectivity index (χ2n) is 6.01. The van der Waals surface area contributed by atoms with Crippen molar-refractivity contribution in [3.8, 4) is 5.69 Å². The first-order valence-electron chi connectivity index (χ1n) is 8.94. The van der Waals surface area contributed by atoms with E-state index in [2.05, 4.69) is 20.6 Å². The summed E-state index contributed by atoms with van der Waals surface area (Å²) in [6, 6.07) is 28.5. The summed E-state index contributed by atoms with van der Waals surface area (Å²) >= 11 is 1.18. The minimum absolute atomic E-state index is 0.292. The van der Waals surface area contributed by atoms with E-state index in [1.807, 2.05) is 91.0 Å². The molecule has 4 aromatic rings. The van der Waals surface area contributed by atoms with Crippen molar-refractivity contribution >= 4 is 29.1 Å². The lowest BCUT2D eigenvalue weighted by Gasteiger charge is -2.01. The standard InChI is InChI=1S/C22H17N5OS/c28-20(24-18-12-6-2-7-13-18)21-26-27(19-14-8-3-9-15-19)22(29-21)25-23-16-17-10-4-1-5-11-17/h1-16H,(H,24,28)/b23-16+,25-22-. The second-order valence-corrected chi connectivity index (χ2v) is 6.97. The largest absolute Gasteiger partial charge is 0.320 e. The van der Waals surface area contributed by atoms with E-state index in [0.717, 1.165) is 11.3 Å². The van der Waals surface area contributed by atoms with Gasteiger partial charge >= 0.3 is 0 Å². The summed E-state index contributed by atoms with van der Waals surface area (Å²) in [6.07, 6.45) is 1.67. The maximum Gasteiger partial charge on any atom is 0.286 e. The average molecular weight is 399 g/mol. The Labute approximate surface area is 171 Å². The van der Waals surface area contributed by atoms with Crippen molar-refractivity contribution in [2.75, 3.05) is 5.32 Å². The van der Waals surface area contributed by atoms with Gasteiger partial charge in [0.05, 0.1) is 11.9 Å². The first kappa shape index (κ1) is 18.5. The Bertz CT molecular complexity index is 1180. The molecule has 0 unspecified atom stereocenters. The maximum atomic E-state index is 12.6. The molecule has 0 aliphatic rings. The van der Waals surface area contributed by atoms with Gasteiger partial charge in [-0.15, -0.1) is 10.2 Å². The number of aromatic nitrogens is 2. The average Bonchev–Trinajstić information content (AvgIpc) is 3.20. The third kappa shape index (κ3) is 4.72. The van der Waals surface area contributed by atoms with Crippen LogP contribution in [0.4, 0.5) is 5.69 Å². The van der Waals surface area contributed by atoms with E-state index in [0.29, 0.717) is 15.5 Å². The first-order chi connectivity index (χ1) is 14.3. The number of para-hydroxylation sites is 2. The van der Waals surface area contributed by atoms with Crippen LogP contribution < -0.4 is 10.1 Å². The Kier molecular flexibility index (Phi) is 5.68. The summed E-state index contributed by atoms with van der Waals surface area (Å²) in [5, 5.41) is 16.1. The van der Waals surface area contributed by atoms with E-state index in [9.17, 15) is 4.79 Å². The van der Waals surface area contributed by atoms with Crippen LogP contribution in [0.2, 0.25) is 0 Å². The highest BCUT2D eigenvalue weighted by Crippen LogP contribution is 2.11. The van der Waals surface area contributed by atoms with Gasteiger partial charge in [0.25, 0.3) is 5.91 Å². The third-order valence-corrected chi connectivity index (χ3v) is 4.83. The number of amides is 1. The first-order valence-corrected chi connectivity index (χ1v) is 9.75. The summed E-state index contributed by atoms with van der Waals surface area (Å²) in [5.41, 5.74) is 2.45. The van der Waals surface area contributed by atoms with Gasteiger partial charge in [-0.2, -0.15) is 5.10 Å². The third-order valence-electron chi connectivity index (χ3n) is 3.94. The van der Waals surface area contributed by atoms with Crippen molar-refractivity contribution < 1.29 is 4.79 Å². The number of nitrogens with one attached hydrogen (secondary N) is 1. The number of rotatable bonds is 5. The molecule has 1 aromatic heterocycles. The van der Waals surface area contributed by atoms with E-state index in [4.69, 9.17) is 0 Å². The summed E-state index contributed by atoms with van der Waals surface area (Å²) < 4.78 is 1.62. The number of carbonyl (C=O) groups excluding carboxylic acids is 1. The number of nitrogens with zero attached hydrogens (tertiary/aromatic N) is 4. The zero-order valence-electron chi connectivity index (χ0n) is 15.3. The van der Waals surface area contributed by atoms with Gasteiger partial charge in [0.2, 0.25) is 9.81 Å². The molecule has 0 saturated carbocycles. The fourth-order valence-electron chi connectivity index (χ4n) is 2.57. The predicted octanol–water partition coefficient (Wildman–Crippen LogP) is 4.12. The Hall–Kier alpha value is -3.84. The van der Waals surface area contributed by atoms with Crippen molar-refractivity contribution in [3.05, 3.63) is 106 Å². The molecule has 29 heavy (non-hydrogen) atoms. The van der Waals surface area contributed by atoms with E-state index < -0.39 is 0 Å². The number of hydrogen-bond donors (Lipinski definition) is 1. The van der Waals surface area contributed by atoms with E-state index >= 15 is 0 Å². The molecule has 3 aromatic carbocycles. The Morgan fingerprint density at radius 3 is 2.21 bits per heavy atom. The van der Waals surface area contributed by atoms with Crippen LogP contribution in [0.25, 0.3) is 5.69 Å². The highest BCUT2D eigenvalue weighted by Gasteiger charge is 2.14. The second kappa shape index (κ2) is 8.90. The Balaban J connectivity index is 1.68.